The van der Waals surface area contributed by atoms with Gasteiger partial charge in [-0.3, -0.25) is 14.5 Å². The Bertz CT molecular complexity index is 954. The number of benzene rings is 2. The summed E-state index contributed by atoms with van der Waals surface area (Å²) in [6.45, 7) is 5.83. The molecule has 0 aromatic heterocycles. The average Bonchev–Trinajstić information content (AvgIpc) is 2.81. The third kappa shape index (κ3) is 2.71. The van der Waals surface area contributed by atoms with Crippen LogP contribution in [0.15, 0.2) is 36.4 Å². The summed E-state index contributed by atoms with van der Waals surface area (Å²) in [5.74, 6) is 1.62. The number of anilines is 1. The first-order chi connectivity index (χ1) is 12.3. The number of hydrogen-bond donors (Lipinski definition) is 1. The molecule has 0 spiro atoms. The van der Waals surface area contributed by atoms with Crippen LogP contribution in [0.2, 0.25) is 0 Å². The van der Waals surface area contributed by atoms with E-state index in [-0.39, 0.29) is 18.7 Å². The summed E-state index contributed by atoms with van der Waals surface area (Å²) in [7, 11) is 0. The van der Waals surface area contributed by atoms with Crippen LogP contribution in [-0.4, -0.2) is 23.3 Å². The second kappa shape index (κ2) is 6.44. The molecule has 4 heteroatoms. The van der Waals surface area contributed by atoms with Gasteiger partial charge in [0.25, 0.3) is 5.91 Å². The molecule has 0 saturated carbocycles. The molecule has 0 unspecified atom stereocenters. The minimum Gasteiger partial charge on any atom is -0.375 e. The van der Waals surface area contributed by atoms with Crippen molar-refractivity contribution in [2.75, 3.05) is 11.4 Å². The van der Waals surface area contributed by atoms with E-state index in [4.69, 9.17) is 6.42 Å². The van der Waals surface area contributed by atoms with Crippen LogP contribution in [0.4, 0.5) is 5.69 Å². The fourth-order valence-electron chi connectivity index (χ4n) is 3.51. The molecule has 1 aliphatic rings. The zero-order valence-electron chi connectivity index (χ0n) is 15.2. The summed E-state index contributed by atoms with van der Waals surface area (Å²) in [6.07, 6.45) is 5.05. The molecule has 3 rings (SSSR count). The van der Waals surface area contributed by atoms with Gasteiger partial charge >= 0.3 is 0 Å². The largest absolute Gasteiger partial charge is 0.375 e. The van der Waals surface area contributed by atoms with Gasteiger partial charge in [0.1, 0.15) is 0 Å². The van der Waals surface area contributed by atoms with Crippen LogP contribution < -0.4 is 4.90 Å². The monoisotopic (exact) mass is 347 g/mol. The molecule has 4 nitrogen and oxygen atoms in total. The molecular formula is C22H21NO3. The first-order valence-corrected chi connectivity index (χ1v) is 8.48. The Balaban J connectivity index is 2.01. The van der Waals surface area contributed by atoms with Crippen LogP contribution in [0, 0.1) is 33.1 Å². The molecule has 0 radical (unpaired) electrons. The molecule has 26 heavy (non-hydrogen) atoms. The van der Waals surface area contributed by atoms with Crippen molar-refractivity contribution >= 4 is 17.4 Å². The molecular weight excluding hydrogens is 326 g/mol. The maximum Gasteiger partial charge on any atom is 0.265 e. The Morgan fingerprint density at radius 1 is 1.15 bits per heavy atom. The number of amides is 1. The smallest absolute Gasteiger partial charge is 0.265 e. The van der Waals surface area contributed by atoms with Crippen LogP contribution >= 0.6 is 0 Å². The van der Waals surface area contributed by atoms with Crippen LogP contribution in [-0.2, 0) is 10.4 Å². The van der Waals surface area contributed by atoms with Crippen molar-refractivity contribution in [3.8, 4) is 12.3 Å². The molecule has 1 atom stereocenters. The molecule has 1 heterocycles. The quantitative estimate of drug-likeness (QED) is 0.683. The van der Waals surface area contributed by atoms with E-state index in [1.54, 1.807) is 24.3 Å². The molecule has 2 aromatic rings. The number of ketones is 1. The summed E-state index contributed by atoms with van der Waals surface area (Å²) in [4.78, 5) is 27.2. The molecule has 1 N–H and O–H groups in total. The second-order valence-corrected chi connectivity index (χ2v) is 6.82. The number of aryl methyl sites for hydroxylation is 3. The molecule has 0 fully saturated rings. The fraction of sp³-hybridized carbons (Fsp3) is 0.273. The van der Waals surface area contributed by atoms with E-state index in [1.165, 1.54) is 4.90 Å². The fourth-order valence-corrected chi connectivity index (χ4v) is 3.51. The lowest BCUT2D eigenvalue weighted by Crippen LogP contribution is -2.42. The lowest BCUT2D eigenvalue weighted by Gasteiger charge is -2.22. The van der Waals surface area contributed by atoms with Crippen molar-refractivity contribution < 1.29 is 14.7 Å². The molecule has 1 amide bonds. The van der Waals surface area contributed by atoms with E-state index in [1.807, 2.05) is 32.9 Å². The number of rotatable bonds is 4. The number of carbonyl (C=O) groups excluding carboxylic acids is 2. The topological polar surface area (TPSA) is 57.6 Å². The predicted molar refractivity (Wildman–Crippen MR) is 101 cm³/mol. The summed E-state index contributed by atoms with van der Waals surface area (Å²) < 4.78 is 0. The van der Waals surface area contributed by atoms with Gasteiger partial charge in [-0.25, -0.2) is 0 Å². The van der Waals surface area contributed by atoms with Gasteiger partial charge in [0.2, 0.25) is 0 Å². The number of Topliss-reactive ketones (excluding diaryl/α,β-unsaturated/α-hetero) is 1. The van der Waals surface area contributed by atoms with Crippen LogP contribution in [0.1, 0.15) is 39.0 Å². The van der Waals surface area contributed by atoms with Gasteiger partial charge in [0.05, 0.1) is 18.7 Å². The van der Waals surface area contributed by atoms with Crippen molar-refractivity contribution in [1.29, 1.82) is 0 Å². The Morgan fingerprint density at radius 3 is 2.50 bits per heavy atom. The number of nitrogens with zero attached hydrogens (tertiary/aromatic N) is 1. The summed E-state index contributed by atoms with van der Waals surface area (Å²) in [6, 6.07) is 10.7. The highest BCUT2D eigenvalue weighted by Gasteiger charge is 2.50. The van der Waals surface area contributed by atoms with E-state index in [9.17, 15) is 14.7 Å². The van der Waals surface area contributed by atoms with Crippen molar-refractivity contribution in [3.05, 3.63) is 64.2 Å². The van der Waals surface area contributed by atoms with Crippen LogP contribution in [0.25, 0.3) is 0 Å². The molecule has 1 aliphatic heterocycles. The van der Waals surface area contributed by atoms with Gasteiger partial charge in [0, 0.05) is 11.1 Å². The SMILES string of the molecule is C#CCN1C(=O)[C@@](O)(CC(=O)c2cc(C)c(C)cc2C)c2ccccc21. The zero-order valence-corrected chi connectivity index (χ0v) is 15.2. The van der Waals surface area contributed by atoms with Crippen LogP contribution in [0.3, 0.4) is 0 Å². The van der Waals surface area contributed by atoms with Crippen molar-refractivity contribution in [1.82, 2.24) is 0 Å². The number of fused-ring (bicyclic) bond motifs is 1. The number of hydrogen-bond acceptors (Lipinski definition) is 3. The second-order valence-electron chi connectivity index (χ2n) is 6.82. The van der Waals surface area contributed by atoms with Crippen molar-refractivity contribution in [2.45, 2.75) is 32.8 Å². The van der Waals surface area contributed by atoms with Gasteiger partial charge in [-0.2, -0.15) is 0 Å². The molecule has 2 aromatic carbocycles. The number of aliphatic hydroxyl groups is 1. The Labute approximate surface area is 153 Å². The van der Waals surface area contributed by atoms with Gasteiger partial charge in [0.15, 0.2) is 11.4 Å². The van der Waals surface area contributed by atoms with Crippen molar-refractivity contribution in [2.24, 2.45) is 0 Å². The minimum atomic E-state index is -1.89. The Kier molecular flexibility index (Phi) is 4.43. The summed E-state index contributed by atoms with van der Waals surface area (Å²) in [5, 5.41) is 11.2. The number of para-hydroxylation sites is 1. The molecule has 0 bridgehead atoms. The van der Waals surface area contributed by atoms with Crippen molar-refractivity contribution in [3.63, 3.8) is 0 Å². The summed E-state index contributed by atoms with van der Waals surface area (Å²) >= 11 is 0. The van der Waals surface area contributed by atoms with E-state index in [0.717, 1.165) is 16.7 Å². The van der Waals surface area contributed by atoms with E-state index < -0.39 is 11.5 Å². The average molecular weight is 347 g/mol. The first-order valence-electron chi connectivity index (χ1n) is 8.48. The van der Waals surface area contributed by atoms with E-state index >= 15 is 0 Å². The lowest BCUT2D eigenvalue weighted by molar-refractivity contribution is -0.135. The first kappa shape index (κ1) is 17.9. The third-order valence-corrected chi connectivity index (χ3v) is 5.05. The number of terminal acetylenes is 1. The maximum atomic E-state index is 12.9. The normalized spacial score (nSPS) is 18.6. The predicted octanol–water partition coefficient (Wildman–Crippen LogP) is 3.05. The van der Waals surface area contributed by atoms with Gasteiger partial charge < -0.3 is 5.11 Å². The maximum absolute atomic E-state index is 12.9. The Hall–Kier alpha value is -2.90. The molecule has 132 valence electrons. The highest BCUT2D eigenvalue weighted by atomic mass is 16.3. The van der Waals surface area contributed by atoms with E-state index in [2.05, 4.69) is 5.92 Å². The minimum absolute atomic E-state index is 0.0506. The highest BCUT2D eigenvalue weighted by Crippen LogP contribution is 2.42. The Morgan fingerprint density at radius 2 is 1.81 bits per heavy atom. The lowest BCUT2D eigenvalue weighted by atomic mass is 9.86. The highest BCUT2D eigenvalue weighted by molar-refractivity contribution is 6.11. The molecule has 0 saturated heterocycles. The third-order valence-electron chi connectivity index (χ3n) is 5.05. The summed E-state index contributed by atoms with van der Waals surface area (Å²) in [5.41, 5.74) is 2.55. The van der Waals surface area contributed by atoms with Crippen LogP contribution in [0.5, 0.6) is 0 Å². The zero-order chi connectivity index (χ0) is 19.1. The van der Waals surface area contributed by atoms with Gasteiger partial charge in [-0.15, -0.1) is 6.42 Å². The standard InChI is InChI=1S/C22H21NO3/c1-5-10-23-19-9-7-6-8-18(19)22(26,21(23)25)13-20(24)17-12-15(3)14(2)11-16(17)4/h1,6-9,11-12,26H,10,13H2,2-4H3/t22-/m1/s1. The van der Waals surface area contributed by atoms with Gasteiger partial charge in [-0.1, -0.05) is 30.2 Å². The molecule has 0 aliphatic carbocycles. The van der Waals surface area contributed by atoms with Gasteiger partial charge in [-0.05, 0) is 49.6 Å². The van der Waals surface area contributed by atoms with E-state index in [0.29, 0.717) is 16.8 Å². The number of carbonyl (C=O) groups is 2.